The van der Waals surface area contributed by atoms with Crippen LogP contribution in [0.3, 0.4) is 0 Å². The number of rotatable bonds is 5. The van der Waals surface area contributed by atoms with Crippen LogP contribution in [0.25, 0.3) is 10.9 Å². The zero-order chi connectivity index (χ0) is 20.4. The Morgan fingerprint density at radius 2 is 1.86 bits per heavy atom. The Hall–Kier alpha value is -2.48. The number of piperazine rings is 1. The SMILES string of the molecule is CCCOC(=O)c1cn(CC)c2c(F)c(N3CCN(C)CC3)c(F)cc2c1=O. The van der Waals surface area contributed by atoms with Crippen LogP contribution in [0.4, 0.5) is 14.5 Å². The van der Waals surface area contributed by atoms with E-state index >= 15 is 4.39 Å². The van der Waals surface area contributed by atoms with Crippen LogP contribution in [0.15, 0.2) is 17.1 Å². The lowest BCUT2D eigenvalue weighted by molar-refractivity contribution is 0.0503. The fourth-order valence-corrected chi connectivity index (χ4v) is 3.46. The Bertz CT molecular complexity index is 950. The summed E-state index contributed by atoms with van der Waals surface area (Å²) < 4.78 is 36.8. The number of carbonyl (C=O) groups excluding carboxylic acids is 1. The van der Waals surface area contributed by atoms with E-state index < -0.39 is 23.0 Å². The van der Waals surface area contributed by atoms with Gasteiger partial charge in [-0.2, -0.15) is 0 Å². The number of aromatic nitrogens is 1. The Labute approximate surface area is 162 Å². The largest absolute Gasteiger partial charge is 0.462 e. The molecule has 0 atom stereocenters. The zero-order valence-corrected chi connectivity index (χ0v) is 16.4. The first-order chi connectivity index (χ1) is 13.4. The number of hydrogen-bond acceptors (Lipinski definition) is 5. The summed E-state index contributed by atoms with van der Waals surface area (Å²) in [6.07, 6.45) is 1.91. The number of fused-ring (bicyclic) bond motifs is 1. The molecule has 0 bridgehead atoms. The molecule has 28 heavy (non-hydrogen) atoms. The molecule has 0 unspecified atom stereocenters. The number of benzene rings is 1. The highest BCUT2D eigenvalue weighted by Gasteiger charge is 2.26. The fourth-order valence-electron chi connectivity index (χ4n) is 3.46. The van der Waals surface area contributed by atoms with Gasteiger partial charge in [-0.15, -0.1) is 0 Å². The summed E-state index contributed by atoms with van der Waals surface area (Å²) in [4.78, 5) is 28.7. The average Bonchev–Trinajstić information content (AvgIpc) is 2.68. The van der Waals surface area contributed by atoms with Crippen molar-refractivity contribution in [3.63, 3.8) is 0 Å². The van der Waals surface area contributed by atoms with Crippen LogP contribution in [0.5, 0.6) is 0 Å². The van der Waals surface area contributed by atoms with Gasteiger partial charge in [0.1, 0.15) is 17.1 Å². The molecule has 0 N–H and O–H groups in total. The summed E-state index contributed by atoms with van der Waals surface area (Å²) in [5.41, 5.74) is -1.05. The Morgan fingerprint density at radius 1 is 1.18 bits per heavy atom. The second kappa shape index (κ2) is 8.26. The minimum atomic E-state index is -0.798. The molecule has 1 saturated heterocycles. The van der Waals surface area contributed by atoms with Gasteiger partial charge in [-0.3, -0.25) is 4.79 Å². The average molecular weight is 393 g/mol. The van der Waals surface area contributed by atoms with Gasteiger partial charge in [0.05, 0.1) is 17.5 Å². The smallest absolute Gasteiger partial charge is 0.343 e. The third kappa shape index (κ3) is 3.61. The molecule has 1 aromatic heterocycles. The van der Waals surface area contributed by atoms with E-state index in [1.807, 2.05) is 14.0 Å². The number of pyridine rings is 1. The van der Waals surface area contributed by atoms with Crippen molar-refractivity contribution in [2.45, 2.75) is 26.8 Å². The lowest BCUT2D eigenvalue weighted by Gasteiger charge is -2.34. The van der Waals surface area contributed by atoms with E-state index in [-0.39, 0.29) is 28.8 Å². The highest BCUT2D eigenvalue weighted by Crippen LogP contribution is 2.30. The van der Waals surface area contributed by atoms with E-state index in [2.05, 4.69) is 4.90 Å². The molecule has 0 amide bonds. The van der Waals surface area contributed by atoms with E-state index in [0.717, 1.165) is 6.07 Å². The summed E-state index contributed by atoms with van der Waals surface area (Å²) in [5.74, 6) is -2.35. The second-order valence-electron chi connectivity index (χ2n) is 7.00. The molecule has 0 spiro atoms. The Balaban J connectivity index is 2.17. The van der Waals surface area contributed by atoms with Gasteiger partial charge in [0.15, 0.2) is 5.82 Å². The van der Waals surface area contributed by atoms with Crippen LogP contribution in [0.1, 0.15) is 30.6 Å². The lowest BCUT2D eigenvalue weighted by Crippen LogP contribution is -2.45. The van der Waals surface area contributed by atoms with Crippen LogP contribution in [0, 0.1) is 11.6 Å². The van der Waals surface area contributed by atoms with Gasteiger partial charge in [0.2, 0.25) is 5.43 Å². The van der Waals surface area contributed by atoms with Crippen molar-refractivity contribution in [3.05, 3.63) is 39.7 Å². The van der Waals surface area contributed by atoms with Crippen molar-refractivity contribution in [3.8, 4) is 0 Å². The van der Waals surface area contributed by atoms with Crippen LogP contribution in [-0.4, -0.2) is 55.3 Å². The first kappa shape index (κ1) is 20.3. The standard InChI is InChI=1S/C20H25F2N3O3/c1-4-10-28-20(27)14-12-24(5-2)17-13(19(14)26)11-15(21)18(16(17)22)25-8-6-23(3)7-9-25/h11-12H,4-10H2,1-3H3. The van der Waals surface area contributed by atoms with E-state index in [9.17, 15) is 14.0 Å². The van der Waals surface area contributed by atoms with Crippen LogP contribution in [0.2, 0.25) is 0 Å². The number of ether oxygens (including phenoxy) is 1. The van der Waals surface area contributed by atoms with Gasteiger partial charge < -0.3 is 19.1 Å². The van der Waals surface area contributed by atoms with Gasteiger partial charge in [-0.25, -0.2) is 13.6 Å². The quantitative estimate of drug-likeness (QED) is 0.731. The normalized spacial score (nSPS) is 15.2. The minimum absolute atomic E-state index is 0.00914. The molecule has 2 heterocycles. The molecule has 0 radical (unpaired) electrons. The van der Waals surface area contributed by atoms with Crippen molar-refractivity contribution >= 4 is 22.6 Å². The first-order valence-corrected chi connectivity index (χ1v) is 9.54. The van der Waals surface area contributed by atoms with E-state index in [1.54, 1.807) is 11.8 Å². The van der Waals surface area contributed by atoms with E-state index in [0.29, 0.717) is 39.1 Å². The maximum Gasteiger partial charge on any atom is 0.343 e. The molecular weight excluding hydrogens is 368 g/mol. The van der Waals surface area contributed by atoms with Crippen molar-refractivity contribution in [1.82, 2.24) is 9.47 Å². The maximum atomic E-state index is 15.4. The highest BCUT2D eigenvalue weighted by molar-refractivity contribution is 5.94. The molecule has 1 aromatic carbocycles. The molecule has 2 aromatic rings. The van der Waals surface area contributed by atoms with E-state index in [1.165, 1.54) is 10.8 Å². The summed E-state index contributed by atoms with van der Waals surface area (Å²) in [6, 6.07) is 1.04. The van der Waals surface area contributed by atoms with Crippen LogP contribution < -0.4 is 10.3 Å². The number of aryl methyl sites for hydroxylation is 1. The van der Waals surface area contributed by atoms with Gasteiger partial charge >= 0.3 is 5.97 Å². The van der Waals surface area contributed by atoms with Crippen molar-refractivity contribution in [2.24, 2.45) is 0 Å². The minimum Gasteiger partial charge on any atom is -0.462 e. The van der Waals surface area contributed by atoms with Gasteiger partial charge in [0.25, 0.3) is 0 Å². The van der Waals surface area contributed by atoms with Gasteiger partial charge in [-0.1, -0.05) is 6.92 Å². The van der Waals surface area contributed by atoms with Crippen molar-refractivity contribution in [1.29, 1.82) is 0 Å². The van der Waals surface area contributed by atoms with Crippen LogP contribution >= 0.6 is 0 Å². The second-order valence-corrected chi connectivity index (χ2v) is 7.00. The number of esters is 1. The lowest BCUT2D eigenvalue weighted by atomic mass is 10.1. The zero-order valence-electron chi connectivity index (χ0n) is 16.4. The van der Waals surface area contributed by atoms with Crippen LogP contribution in [-0.2, 0) is 11.3 Å². The first-order valence-electron chi connectivity index (χ1n) is 9.54. The van der Waals surface area contributed by atoms with Crippen molar-refractivity contribution < 1.29 is 18.3 Å². The summed E-state index contributed by atoms with van der Waals surface area (Å²) in [5, 5.41) is -0.152. The summed E-state index contributed by atoms with van der Waals surface area (Å²) in [6.45, 7) is 6.47. The molecular formula is C20H25F2N3O3. The fraction of sp³-hybridized carbons (Fsp3) is 0.500. The summed E-state index contributed by atoms with van der Waals surface area (Å²) >= 11 is 0. The Kier molecular flexibility index (Phi) is 5.98. The molecule has 1 aliphatic heterocycles. The van der Waals surface area contributed by atoms with Crippen molar-refractivity contribution in [2.75, 3.05) is 44.7 Å². The topological polar surface area (TPSA) is 54.8 Å². The third-order valence-electron chi connectivity index (χ3n) is 5.05. The number of likely N-dealkylation sites (N-methyl/N-ethyl adjacent to an activating group) is 1. The summed E-state index contributed by atoms with van der Waals surface area (Å²) in [7, 11) is 1.96. The number of carbonyl (C=O) groups is 1. The molecule has 0 saturated carbocycles. The molecule has 6 nitrogen and oxygen atoms in total. The Morgan fingerprint density at radius 3 is 2.46 bits per heavy atom. The number of anilines is 1. The van der Waals surface area contributed by atoms with Gasteiger partial charge in [0, 0.05) is 38.9 Å². The number of hydrogen-bond donors (Lipinski definition) is 0. The molecule has 3 rings (SSSR count). The predicted molar refractivity (Wildman–Crippen MR) is 104 cm³/mol. The number of halogens is 2. The third-order valence-corrected chi connectivity index (χ3v) is 5.05. The molecule has 8 heteroatoms. The predicted octanol–water partition coefficient (Wildman–Crippen LogP) is 2.62. The van der Waals surface area contributed by atoms with E-state index in [4.69, 9.17) is 4.74 Å². The van der Waals surface area contributed by atoms with Gasteiger partial charge in [-0.05, 0) is 26.5 Å². The monoisotopic (exact) mass is 393 g/mol. The highest BCUT2D eigenvalue weighted by atomic mass is 19.1. The number of nitrogens with zero attached hydrogens (tertiary/aromatic N) is 3. The molecule has 0 aliphatic carbocycles. The molecule has 1 aliphatic rings. The maximum absolute atomic E-state index is 15.4. The molecule has 1 fully saturated rings. The molecule has 152 valence electrons.